The summed E-state index contributed by atoms with van der Waals surface area (Å²) in [6.45, 7) is 2.45. The third-order valence-corrected chi connectivity index (χ3v) is 5.65. The predicted molar refractivity (Wildman–Crippen MR) is 83.1 cm³/mol. The van der Waals surface area contributed by atoms with Crippen LogP contribution in [-0.2, 0) is 27.1 Å². The Morgan fingerprint density at radius 1 is 1.29 bits per heavy atom. The van der Waals surface area contributed by atoms with E-state index < -0.39 is 10.0 Å². The van der Waals surface area contributed by atoms with Gasteiger partial charge < -0.3 is 10.5 Å². The molecule has 0 amide bonds. The maximum absolute atomic E-state index is 12.4. The SMILES string of the molecule is CN(CC1CCCOC1)S(=O)(=O)Cc1ccc(CN)cc1. The average molecular weight is 312 g/mol. The smallest absolute Gasteiger partial charge is 0.218 e. The van der Waals surface area contributed by atoms with Crippen molar-refractivity contribution in [2.75, 3.05) is 26.8 Å². The van der Waals surface area contributed by atoms with Gasteiger partial charge in [-0.25, -0.2) is 12.7 Å². The van der Waals surface area contributed by atoms with Gasteiger partial charge in [-0.2, -0.15) is 0 Å². The molecule has 21 heavy (non-hydrogen) atoms. The summed E-state index contributed by atoms with van der Waals surface area (Å²) in [5.41, 5.74) is 7.34. The Balaban J connectivity index is 1.95. The number of benzene rings is 1. The third-order valence-electron chi connectivity index (χ3n) is 3.85. The first-order valence-corrected chi connectivity index (χ1v) is 8.92. The Hall–Kier alpha value is -0.950. The second kappa shape index (κ2) is 7.35. The molecule has 118 valence electrons. The Labute approximate surface area is 127 Å². The minimum absolute atomic E-state index is 0.0297. The third kappa shape index (κ3) is 4.78. The van der Waals surface area contributed by atoms with Crippen molar-refractivity contribution in [3.63, 3.8) is 0 Å². The van der Waals surface area contributed by atoms with Crippen LogP contribution in [0.5, 0.6) is 0 Å². The fraction of sp³-hybridized carbons (Fsp3) is 0.600. The Bertz CT molecular complexity index is 537. The van der Waals surface area contributed by atoms with E-state index in [1.54, 1.807) is 7.05 Å². The molecule has 1 atom stereocenters. The van der Waals surface area contributed by atoms with Crippen molar-refractivity contribution in [1.82, 2.24) is 4.31 Å². The van der Waals surface area contributed by atoms with Gasteiger partial charge in [-0.1, -0.05) is 24.3 Å². The summed E-state index contributed by atoms with van der Waals surface area (Å²) in [6.07, 6.45) is 2.05. The van der Waals surface area contributed by atoms with E-state index >= 15 is 0 Å². The quantitative estimate of drug-likeness (QED) is 0.860. The molecule has 1 aliphatic heterocycles. The van der Waals surface area contributed by atoms with Crippen molar-refractivity contribution >= 4 is 10.0 Å². The molecule has 2 N–H and O–H groups in total. The maximum atomic E-state index is 12.4. The summed E-state index contributed by atoms with van der Waals surface area (Å²) < 4.78 is 31.6. The minimum atomic E-state index is -3.29. The van der Waals surface area contributed by atoms with Gasteiger partial charge in [-0.05, 0) is 29.9 Å². The molecule has 1 unspecified atom stereocenters. The molecule has 0 aromatic heterocycles. The zero-order valence-corrected chi connectivity index (χ0v) is 13.3. The zero-order valence-electron chi connectivity index (χ0n) is 12.5. The second-order valence-corrected chi connectivity index (χ2v) is 7.72. The summed E-state index contributed by atoms with van der Waals surface area (Å²) in [5, 5.41) is 0. The van der Waals surface area contributed by atoms with Crippen molar-refractivity contribution in [3.05, 3.63) is 35.4 Å². The summed E-state index contributed by atoms with van der Waals surface area (Å²) in [6, 6.07) is 7.41. The molecule has 1 saturated heterocycles. The summed E-state index contributed by atoms with van der Waals surface area (Å²) >= 11 is 0. The predicted octanol–water partition coefficient (Wildman–Crippen LogP) is 1.33. The summed E-state index contributed by atoms with van der Waals surface area (Å²) in [7, 11) is -1.63. The molecule has 0 aliphatic carbocycles. The molecule has 1 heterocycles. The van der Waals surface area contributed by atoms with Crippen LogP contribution in [0, 0.1) is 5.92 Å². The van der Waals surface area contributed by atoms with Crippen LogP contribution in [0.25, 0.3) is 0 Å². The Morgan fingerprint density at radius 2 is 1.95 bits per heavy atom. The number of ether oxygens (including phenoxy) is 1. The van der Waals surface area contributed by atoms with Crippen LogP contribution in [0.1, 0.15) is 24.0 Å². The second-order valence-electron chi connectivity index (χ2n) is 5.64. The van der Waals surface area contributed by atoms with E-state index in [2.05, 4.69) is 0 Å². The van der Waals surface area contributed by atoms with E-state index in [0.717, 1.165) is 30.6 Å². The lowest BCUT2D eigenvalue weighted by Gasteiger charge is -2.26. The van der Waals surface area contributed by atoms with Gasteiger partial charge in [-0.15, -0.1) is 0 Å². The van der Waals surface area contributed by atoms with Gasteiger partial charge in [-0.3, -0.25) is 0 Å². The standard InChI is InChI=1S/C15H24N2O3S/c1-17(10-15-3-2-8-20-11-15)21(18,19)12-14-6-4-13(9-16)5-7-14/h4-7,15H,2-3,8-12,16H2,1H3. The molecular weight excluding hydrogens is 288 g/mol. The van der Waals surface area contributed by atoms with E-state index in [4.69, 9.17) is 10.5 Å². The number of hydrogen-bond donors (Lipinski definition) is 1. The van der Waals surface area contributed by atoms with Crippen LogP contribution in [0.2, 0.25) is 0 Å². The molecule has 1 aromatic rings. The van der Waals surface area contributed by atoms with Gasteiger partial charge in [0.2, 0.25) is 10.0 Å². The van der Waals surface area contributed by atoms with E-state index in [9.17, 15) is 8.42 Å². The highest BCUT2D eigenvalue weighted by Gasteiger charge is 2.23. The molecule has 5 nitrogen and oxygen atoms in total. The highest BCUT2D eigenvalue weighted by molar-refractivity contribution is 7.88. The van der Waals surface area contributed by atoms with Crippen molar-refractivity contribution in [1.29, 1.82) is 0 Å². The molecule has 0 saturated carbocycles. The molecule has 0 spiro atoms. The fourth-order valence-corrected chi connectivity index (χ4v) is 3.79. The lowest BCUT2D eigenvalue weighted by molar-refractivity contribution is 0.0495. The van der Waals surface area contributed by atoms with E-state index in [1.165, 1.54) is 4.31 Å². The van der Waals surface area contributed by atoms with Crippen LogP contribution >= 0.6 is 0 Å². The highest BCUT2D eigenvalue weighted by Crippen LogP contribution is 2.17. The molecule has 1 aromatic carbocycles. The number of nitrogens with zero attached hydrogens (tertiary/aromatic N) is 1. The molecule has 1 aliphatic rings. The lowest BCUT2D eigenvalue weighted by Crippen LogP contribution is -2.35. The topological polar surface area (TPSA) is 72.6 Å². The molecule has 1 fully saturated rings. The van der Waals surface area contributed by atoms with Crippen LogP contribution in [0.15, 0.2) is 24.3 Å². The van der Waals surface area contributed by atoms with Crippen LogP contribution in [0.3, 0.4) is 0 Å². The number of sulfonamides is 1. The van der Waals surface area contributed by atoms with Gasteiger partial charge in [0.15, 0.2) is 0 Å². The minimum Gasteiger partial charge on any atom is -0.381 e. The van der Waals surface area contributed by atoms with Crippen molar-refractivity contribution in [2.45, 2.75) is 25.1 Å². The maximum Gasteiger partial charge on any atom is 0.218 e. The lowest BCUT2D eigenvalue weighted by atomic mass is 10.0. The first-order chi connectivity index (χ1) is 10.0. The number of hydrogen-bond acceptors (Lipinski definition) is 4. The number of nitrogens with two attached hydrogens (primary N) is 1. The number of rotatable bonds is 6. The van der Waals surface area contributed by atoms with Gasteiger partial charge >= 0.3 is 0 Å². The van der Waals surface area contributed by atoms with Gasteiger partial charge in [0, 0.05) is 26.7 Å². The van der Waals surface area contributed by atoms with Gasteiger partial charge in [0.1, 0.15) is 0 Å². The molecule has 2 rings (SSSR count). The first-order valence-electron chi connectivity index (χ1n) is 7.31. The van der Waals surface area contributed by atoms with Crippen molar-refractivity contribution < 1.29 is 13.2 Å². The van der Waals surface area contributed by atoms with E-state index in [-0.39, 0.29) is 5.75 Å². The largest absolute Gasteiger partial charge is 0.381 e. The van der Waals surface area contributed by atoms with Crippen molar-refractivity contribution in [3.8, 4) is 0 Å². The summed E-state index contributed by atoms with van der Waals surface area (Å²) in [4.78, 5) is 0. The average Bonchev–Trinajstić information content (AvgIpc) is 2.48. The summed E-state index contributed by atoms with van der Waals surface area (Å²) in [5.74, 6) is 0.334. The molecule has 0 radical (unpaired) electrons. The van der Waals surface area contributed by atoms with Crippen LogP contribution in [-0.4, -0.2) is 39.5 Å². The monoisotopic (exact) mass is 312 g/mol. The van der Waals surface area contributed by atoms with E-state index in [0.29, 0.717) is 25.6 Å². The van der Waals surface area contributed by atoms with Crippen LogP contribution in [0.4, 0.5) is 0 Å². The van der Waals surface area contributed by atoms with Gasteiger partial charge in [0.25, 0.3) is 0 Å². The fourth-order valence-electron chi connectivity index (χ4n) is 2.52. The normalized spacial score (nSPS) is 19.9. The van der Waals surface area contributed by atoms with E-state index in [1.807, 2.05) is 24.3 Å². The van der Waals surface area contributed by atoms with Crippen LogP contribution < -0.4 is 5.73 Å². The molecule has 6 heteroatoms. The molecule has 0 bridgehead atoms. The molecular formula is C15H24N2O3S. The Kier molecular flexibility index (Phi) is 5.75. The highest BCUT2D eigenvalue weighted by atomic mass is 32.2. The van der Waals surface area contributed by atoms with Gasteiger partial charge in [0.05, 0.1) is 12.4 Å². The van der Waals surface area contributed by atoms with Crippen molar-refractivity contribution in [2.24, 2.45) is 11.7 Å². The Morgan fingerprint density at radius 3 is 2.52 bits per heavy atom. The first kappa shape index (κ1) is 16.4. The zero-order chi connectivity index (χ0) is 15.3.